The zero-order valence-corrected chi connectivity index (χ0v) is 19.6. The second-order valence-corrected chi connectivity index (χ2v) is 15.0. The molecule has 4 rings (SSSR count). The van der Waals surface area contributed by atoms with E-state index in [1.807, 2.05) is 24.4 Å². The van der Waals surface area contributed by atoms with Gasteiger partial charge in [0.2, 0.25) is 0 Å². The fourth-order valence-corrected chi connectivity index (χ4v) is 4.49. The van der Waals surface area contributed by atoms with Crippen LogP contribution in [0.2, 0.25) is 25.7 Å². The molecule has 0 bridgehead atoms. The maximum Gasteiger partial charge on any atom is 0.276 e. The van der Waals surface area contributed by atoms with Crippen LogP contribution in [0.1, 0.15) is 10.5 Å². The summed E-state index contributed by atoms with van der Waals surface area (Å²) in [5.41, 5.74) is 4.71. The third-order valence-corrected chi connectivity index (χ3v) is 7.36. The van der Waals surface area contributed by atoms with Crippen LogP contribution in [0.4, 0.5) is 5.69 Å². The van der Waals surface area contributed by atoms with Gasteiger partial charge in [0.1, 0.15) is 6.73 Å². The summed E-state index contributed by atoms with van der Waals surface area (Å²) in [5, 5.41) is 8.29. The number of nitrogens with one attached hydrogen (secondary N) is 1. The molecular weight excluding hydrogens is 426 g/mol. The van der Waals surface area contributed by atoms with Gasteiger partial charge in [0, 0.05) is 44.3 Å². The fourth-order valence-electron chi connectivity index (χ4n) is 3.11. The number of ether oxygens (including phenoxy) is 1. The predicted octanol–water partition coefficient (Wildman–Crippen LogP) is 5.12. The van der Waals surface area contributed by atoms with Crippen LogP contribution in [0, 0.1) is 0 Å². The Bertz CT molecular complexity index is 1170. The molecule has 7 nitrogen and oxygen atoms in total. The zero-order chi connectivity index (χ0) is 21.8. The Labute approximate surface area is 186 Å². The Hall–Kier alpha value is -2.88. The van der Waals surface area contributed by atoms with Crippen LogP contribution in [0.3, 0.4) is 0 Å². The summed E-state index contributed by atoms with van der Waals surface area (Å²) in [4.78, 5) is 22.2. The second-order valence-electron chi connectivity index (χ2n) is 8.48. The van der Waals surface area contributed by atoms with E-state index in [1.165, 1.54) is 0 Å². The Morgan fingerprint density at radius 2 is 1.97 bits per heavy atom. The highest BCUT2D eigenvalue weighted by Crippen LogP contribution is 2.29. The van der Waals surface area contributed by atoms with Gasteiger partial charge >= 0.3 is 0 Å². The van der Waals surface area contributed by atoms with Crippen molar-refractivity contribution in [1.82, 2.24) is 19.7 Å². The summed E-state index contributed by atoms with van der Waals surface area (Å²) in [5.74, 6) is -0.265. The molecule has 0 aliphatic heterocycles. The number of hydrogen-bond acceptors (Lipinski definition) is 6. The molecule has 0 saturated carbocycles. The van der Waals surface area contributed by atoms with Gasteiger partial charge in [-0.05, 0) is 35.9 Å². The van der Waals surface area contributed by atoms with Gasteiger partial charge in [-0.15, -0.1) is 11.3 Å². The quantitative estimate of drug-likeness (QED) is 0.297. The topological polar surface area (TPSA) is 81.9 Å². The number of carbonyl (C=O) groups is 1. The normalized spacial score (nSPS) is 11.7. The number of benzene rings is 1. The average molecular weight is 452 g/mol. The van der Waals surface area contributed by atoms with Gasteiger partial charge in [-0.1, -0.05) is 25.7 Å². The number of aromatic nitrogens is 4. The van der Waals surface area contributed by atoms with Gasteiger partial charge in [0.25, 0.3) is 5.91 Å². The van der Waals surface area contributed by atoms with E-state index in [-0.39, 0.29) is 5.91 Å². The zero-order valence-electron chi connectivity index (χ0n) is 17.8. The van der Waals surface area contributed by atoms with E-state index < -0.39 is 8.07 Å². The molecule has 1 aromatic carbocycles. The Balaban J connectivity index is 1.65. The third kappa shape index (κ3) is 5.24. The average Bonchev–Trinajstić information content (AvgIpc) is 3.39. The molecule has 3 aromatic heterocycles. The summed E-state index contributed by atoms with van der Waals surface area (Å²) in [7, 11) is -1.17. The standard InChI is InChI=1S/C22H25N5O2SSi/c1-31(2,3)11-10-29-15-27-19-5-4-16(20-13-24-14-30-20)12-18(19)21(26-27)22(28)25-17-6-8-23-9-7-17/h4-9,12-14H,10-11,15H2,1-3H3,(H,23,25,28). The molecule has 160 valence electrons. The van der Waals surface area contributed by atoms with E-state index in [2.05, 4.69) is 40.0 Å². The lowest BCUT2D eigenvalue weighted by Crippen LogP contribution is -2.22. The van der Waals surface area contributed by atoms with Crippen LogP contribution >= 0.6 is 11.3 Å². The van der Waals surface area contributed by atoms with Gasteiger partial charge < -0.3 is 10.1 Å². The summed E-state index contributed by atoms with van der Waals surface area (Å²) >= 11 is 1.56. The smallest absolute Gasteiger partial charge is 0.276 e. The number of pyridine rings is 1. The molecule has 0 saturated heterocycles. The molecule has 9 heteroatoms. The first kappa shape index (κ1) is 21.4. The number of amides is 1. The van der Waals surface area contributed by atoms with Crippen LogP contribution in [0.5, 0.6) is 0 Å². The minimum Gasteiger partial charge on any atom is -0.360 e. The fraction of sp³-hybridized carbons (Fsp3) is 0.273. The van der Waals surface area contributed by atoms with Crippen molar-refractivity contribution in [3.05, 3.63) is 60.1 Å². The van der Waals surface area contributed by atoms with Crippen molar-refractivity contribution in [1.29, 1.82) is 0 Å². The summed E-state index contributed by atoms with van der Waals surface area (Å²) in [6.45, 7) is 7.96. The Morgan fingerprint density at radius 1 is 1.16 bits per heavy atom. The van der Waals surface area contributed by atoms with Crippen molar-refractivity contribution in [3.63, 3.8) is 0 Å². The highest BCUT2D eigenvalue weighted by molar-refractivity contribution is 7.13. The molecule has 31 heavy (non-hydrogen) atoms. The summed E-state index contributed by atoms with van der Waals surface area (Å²) in [6.07, 6.45) is 5.10. The second kappa shape index (κ2) is 9.09. The number of fused-ring (bicyclic) bond motifs is 1. The number of carbonyl (C=O) groups excluding carboxylic acids is 1. The largest absolute Gasteiger partial charge is 0.360 e. The maximum absolute atomic E-state index is 13.0. The first-order valence-corrected chi connectivity index (χ1v) is 14.7. The van der Waals surface area contributed by atoms with Gasteiger partial charge in [0.15, 0.2) is 5.69 Å². The molecular formula is C22H25N5O2SSi. The highest BCUT2D eigenvalue weighted by Gasteiger charge is 2.19. The molecule has 0 atom stereocenters. The lowest BCUT2D eigenvalue weighted by Gasteiger charge is -2.15. The number of nitrogens with zero attached hydrogens (tertiary/aromatic N) is 4. The molecule has 1 amide bonds. The van der Waals surface area contributed by atoms with Gasteiger partial charge in [0.05, 0.1) is 15.9 Å². The van der Waals surface area contributed by atoms with Crippen LogP contribution in [0.15, 0.2) is 54.4 Å². The lowest BCUT2D eigenvalue weighted by molar-refractivity contribution is 0.0809. The highest BCUT2D eigenvalue weighted by atomic mass is 32.1. The number of hydrogen-bond donors (Lipinski definition) is 1. The molecule has 4 aromatic rings. The van der Waals surface area contributed by atoms with Crippen LogP contribution in [0.25, 0.3) is 21.3 Å². The van der Waals surface area contributed by atoms with Crippen LogP contribution in [-0.2, 0) is 11.5 Å². The molecule has 0 aliphatic rings. The first-order chi connectivity index (χ1) is 14.9. The summed E-state index contributed by atoms with van der Waals surface area (Å²) in [6, 6.07) is 10.6. The molecule has 1 N–H and O–H groups in total. The molecule has 0 fully saturated rings. The van der Waals surface area contributed by atoms with E-state index >= 15 is 0 Å². The Kier molecular flexibility index (Phi) is 6.26. The van der Waals surface area contributed by atoms with E-state index in [9.17, 15) is 4.79 Å². The van der Waals surface area contributed by atoms with Crippen molar-refractivity contribution in [3.8, 4) is 10.4 Å². The minimum atomic E-state index is -1.17. The minimum absolute atomic E-state index is 0.265. The molecule has 0 aliphatic carbocycles. The SMILES string of the molecule is C[Si](C)(C)CCOCn1nc(C(=O)Nc2ccncc2)c2cc(-c3cncs3)ccc21. The van der Waals surface area contributed by atoms with Crippen LogP contribution in [-0.4, -0.2) is 40.3 Å². The number of thiazole rings is 1. The molecule has 3 heterocycles. The van der Waals surface area contributed by atoms with E-state index in [4.69, 9.17) is 4.74 Å². The molecule has 0 radical (unpaired) electrons. The van der Waals surface area contributed by atoms with Gasteiger partial charge in [-0.3, -0.25) is 14.8 Å². The Morgan fingerprint density at radius 3 is 2.68 bits per heavy atom. The summed E-state index contributed by atoms with van der Waals surface area (Å²) < 4.78 is 7.67. The van der Waals surface area contributed by atoms with Gasteiger partial charge in [-0.25, -0.2) is 4.68 Å². The lowest BCUT2D eigenvalue weighted by atomic mass is 10.1. The maximum atomic E-state index is 13.0. The van der Waals surface area contributed by atoms with Crippen molar-refractivity contribution in [2.24, 2.45) is 0 Å². The monoisotopic (exact) mass is 451 g/mol. The number of anilines is 1. The van der Waals surface area contributed by atoms with Crippen molar-refractivity contribution < 1.29 is 9.53 Å². The molecule has 0 spiro atoms. The van der Waals surface area contributed by atoms with E-state index in [1.54, 1.807) is 46.1 Å². The van der Waals surface area contributed by atoms with E-state index in [0.29, 0.717) is 24.7 Å². The van der Waals surface area contributed by atoms with Crippen molar-refractivity contribution >= 4 is 41.9 Å². The third-order valence-electron chi connectivity index (χ3n) is 4.83. The van der Waals surface area contributed by atoms with Crippen molar-refractivity contribution in [2.45, 2.75) is 32.4 Å². The number of rotatable bonds is 8. The van der Waals surface area contributed by atoms with Crippen molar-refractivity contribution in [2.75, 3.05) is 11.9 Å². The van der Waals surface area contributed by atoms with E-state index in [0.717, 1.165) is 27.4 Å². The van der Waals surface area contributed by atoms with Crippen LogP contribution < -0.4 is 5.32 Å². The first-order valence-electron chi connectivity index (χ1n) is 10.1. The predicted molar refractivity (Wildman–Crippen MR) is 127 cm³/mol. The van der Waals surface area contributed by atoms with Gasteiger partial charge in [-0.2, -0.15) is 5.10 Å². The molecule has 0 unspecified atom stereocenters.